The van der Waals surface area contributed by atoms with Gasteiger partial charge in [0.25, 0.3) is 0 Å². The van der Waals surface area contributed by atoms with Crippen molar-refractivity contribution >= 4 is 5.97 Å². The number of benzene rings is 2. The van der Waals surface area contributed by atoms with Crippen LogP contribution in [0.15, 0.2) is 42.5 Å². The molecule has 0 heterocycles. The smallest absolute Gasteiger partial charge is 0.336 e. The van der Waals surface area contributed by atoms with Crippen LogP contribution in [0.3, 0.4) is 0 Å². The van der Waals surface area contributed by atoms with Crippen LogP contribution in [0, 0.1) is 29.6 Å². The summed E-state index contributed by atoms with van der Waals surface area (Å²) in [4.78, 5) is 11.5. The maximum Gasteiger partial charge on any atom is 0.336 e. The molecule has 0 spiro atoms. The number of ether oxygens (including phenoxy) is 1. The van der Waals surface area contributed by atoms with Gasteiger partial charge in [0.2, 0.25) is 0 Å². The molecule has 0 radical (unpaired) electrons. The Hall–Kier alpha value is -2.77. The van der Waals surface area contributed by atoms with Crippen molar-refractivity contribution in [3.05, 3.63) is 64.7 Å². The zero-order valence-corrected chi connectivity index (χ0v) is 18.3. The van der Waals surface area contributed by atoms with Gasteiger partial charge in [-0.25, -0.2) is 4.79 Å². The molecule has 0 unspecified atom stereocenters. The van der Waals surface area contributed by atoms with Gasteiger partial charge in [0.15, 0.2) is 0 Å². The van der Waals surface area contributed by atoms with Gasteiger partial charge < -0.3 is 14.9 Å². The fourth-order valence-corrected chi connectivity index (χ4v) is 6.75. The summed E-state index contributed by atoms with van der Waals surface area (Å²) in [5.74, 6) is 8.73. The third-order valence-corrected chi connectivity index (χ3v) is 7.65. The summed E-state index contributed by atoms with van der Waals surface area (Å²) in [5.41, 5.74) is 3.09. The molecule has 4 nitrogen and oxygen atoms in total. The molecule has 0 saturated heterocycles. The summed E-state index contributed by atoms with van der Waals surface area (Å²) in [5, 5.41) is 18.6. The van der Waals surface area contributed by atoms with E-state index in [9.17, 15) is 15.0 Å². The van der Waals surface area contributed by atoms with Gasteiger partial charge in [-0.3, -0.25) is 0 Å². The summed E-state index contributed by atoms with van der Waals surface area (Å²) >= 11 is 0. The van der Waals surface area contributed by atoms with Crippen molar-refractivity contribution in [1.29, 1.82) is 0 Å². The Labute approximate surface area is 189 Å². The number of carboxylic acids is 1. The van der Waals surface area contributed by atoms with Gasteiger partial charge in [0.1, 0.15) is 5.75 Å². The topological polar surface area (TPSA) is 66.8 Å². The van der Waals surface area contributed by atoms with Crippen molar-refractivity contribution in [3.63, 3.8) is 0 Å². The lowest BCUT2D eigenvalue weighted by atomic mass is 9.48. The maximum atomic E-state index is 11.5. The molecule has 4 aliphatic carbocycles. The predicted molar refractivity (Wildman–Crippen MR) is 123 cm³/mol. The zero-order chi connectivity index (χ0) is 22.1. The fraction of sp³-hybridized carbons (Fsp3) is 0.464. The van der Waals surface area contributed by atoms with Crippen LogP contribution in [0.5, 0.6) is 5.75 Å². The molecule has 2 N–H and O–H groups in total. The second-order valence-corrected chi connectivity index (χ2v) is 9.94. The molecule has 32 heavy (non-hydrogen) atoms. The van der Waals surface area contributed by atoms with Crippen LogP contribution in [0.4, 0.5) is 0 Å². The first-order chi connectivity index (χ1) is 15.6. The normalized spacial score (nSPS) is 27.6. The average Bonchev–Trinajstić information content (AvgIpc) is 2.77. The largest absolute Gasteiger partial charge is 0.493 e. The van der Waals surface area contributed by atoms with Gasteiger partial charge in [-0.1, -0.05) is 24.0 Å². The quantitative estimate of drug-likeness (QED) is 0.499. The Kier molecular flexibility index (Phi) is 5.69. The van der Waals surface area contributed by atoms with Gasteiger partial charge >= 0.3 is 5.97 Å². The monoisotopic (exact) mass is 430 g/mol. The number of aliphatic hydroxyl groups excluding tert-OH is 1. The molecule has 0 aliphatic heterocycles. The van der Waals surface area contributed by atoms with Gasteiger partial charge in [0.05, 0.1) is 12.2 Å². The molecule has 166 valence electrons. The lowest BCUT2D eigenvalue weighted by molar-refractivity contribution is -0.00643. The molecular formula is C28H30O4. The third-order valence-electron chi connectivity index (χ3n) is 7.65. The predicted octanol–water partition coefficient (Wildman–Crippen LogP) is 5.01. The summed E-state index contributed by atoms with van der Waals surface area (Å²) in [6.45, 7) is 0.631. The van der Waals surface area contributed by atoms with Crippen LogP contribution in [-0.4, -0.2) is 29.4 Å². The fourth-order valence-electron chi connectivity index (χ4n) is 6.75. The zero-order valence-electron chi connectivity index (χ0n) is 18.3. The second kappa shape index (κ2) is 8.64. The van der Waals surface area contributed by atoms with E-state index in [1.54, 1.807) is 18.2 Å². The van der Waals surface area contributed by atoms with Gasteiger partial charge in [-0.2, -0.15) is 0 Å². The number of rotatable bonds is 6. The van der Waals surface area contributed by atoms with E-state index in [0.717, 1.165) is 29.1 Å². The summed E-state index contributed by atoms with van der Waals surface area (Å²) < 4.78 is 6.15. The average molecular weight is 431 g/mol. The molecule has 0 amide bonds. The highest BCUT2D eigenvalue weighted by atomic mass is 16.5. The van der Waals surface area contributed by atoms with Crippen molar-refractivity contribution in [2.75, 3.05) is 13.2 Å². The Morgan fingerprint density at radius 2 is 1.69 bits per heavy atom. The lowest BCUT2D eigenvalue weighted by Gasteiger charge is -2.57. The molecule has 4 saturated carbocycles. The van der Waals surface area contributed by atoms with E-state index >= 15 is 0 Å². The van der Waals surface area contributed by atoms with Crippen molar-refractivity contribution in [2.45, 2.75) is 50.4 Å². The van der Waals surface area contributed by atoms with Crippen LogP contribution in [0.2, 0.25) is 0 Å². The minimum atomic E-state index is -0.961. The van der Waals surface area contributed by atoms with Crippen LogP contribution >= 0.6 is 0 Å². The second-order valence-electron chi connectivity index (χ2n) is 9.94. The molecule has 4 bridgehead atoms. The molecule has 4 aliphatic rings. The summed E-state index contributed by atoms with van der Waals surface area (Å²) in [6.07, 6.45) is 8.45. The lowest BCUT2D eigenvalue weighted by Crippen LogP contribution is -2.48. The minimum absolute atomic E-state index is 0.124. The number of aliphatic hydroxyl groups is 1. The van der Waals surface area contributed by atoms with E-state index in [0.29, 0.717) is 18.6 Å². The van der Waals surface area contributed by atoms with Crippen molar-refractivity contribution < 1.29 is 19.7 Å². The van der Waals surface area contributed by atoms with E-state index in [1.807, 2.05) is 18.2 Å². The number of hydrogen-bond acceptors (Lipinski definition) is 3. The van der Waals surface area contributed by atoms with Crippen LogP contribution in [0.25, 0.3) is 0 Å². The van der Waals surface area contributed by atoms with Gasteiger partial charge in [0, 0.05) is 29.7 Å². The Morgan fingerprint density at radius 3 is 2.34 bits per heavy atom. The highest BCUT2D eigenvalue weighted by molar-refractivity contribution is 5.90. The number of carbonyl (C=O) groups is 1. The molecular weight excluding hydrogens is 400 g/mol. The van der Waals surface area contributed by atoms with E-state index in [2.05, 4.69) is 17.9 Å². The van der Waals surface area contributed by atoms with E-state index in [4.69, 9.17) is 4.74 Å². The standard InChI is InChI=1S/C28H30O4/c29-10-3-11-32-26-9-7-19(6-8-23-4-1-2-5-24(23)27(30)31)15-25(26)28-16-20-12-21(17-28)14-22(13-20)18-28/h1-2,4-5,7,9,15,20-22,29H,3,10-14,16-18H2,(H,30,31). The SMILES string of the molecule is O=C(O)c1ccccc1C#Cc1ccc(OCCCO)c(C23CC4CC(CC(C4)C2)C3)c1. The van der Waals surface area contributed by atoms with Crippen LogP contribution in [0.1, 0.15) is 72.0 Å². The van der Waals surface area contributed by atoms with Crippen LogP contribution in [-0.2, 0) is 5.41 Å². The first-order valence-electron chi connectivity index (χ1n) is 11.8. The van der Waals surface area contributed by atoms with Crippen LogP contribution < -0.4 is 4.74 Å². The third kappa shape index (κ3) is 4.02. The van der Waals surface area contributed by atoms with Crippen molar-refractivity contribution in [3.8, 4) is 17.6 Å². The minimum Gasteiger partial charge on any atom is -0.493 e. The molecule has 0 aromatic heterocycles. The first-order valence-corrected chi connectivity index (χ1v) is 11.8. The molecule has 2 aromatic carbocycles. The maximum absolute atomic E-state index is 11.5. The van der Waals surface area contributed by atoms with Gasteiger partial charge in [-0.15, -0.1) is 0 Å². The highest BCUT2D eigenvalue weighted by Crippen LogP contribution is 2.61. The van der Waals surface area contributed by atoms with E-state index < -0.39 is 5.97 Å². The number of aromatic carboxylic acids is 1. The number of hydrogen-bond donors (Lipinski definition) is 2. The molecule has 6 rings (SSSR count). The van der Waals surface area contributed by atoms with Crippen molar-refractivity contribution in [1.82, 2.24) is 0 Å². The highest BCUT2D eigenvalue weighted by Gasteiger charge is 2.52. The van der Waals surface area contributed by atoms with E-state index in [-0.39, 0.29) is 17.6 Å². The molecule has 2 aromatic rings. The molecule has 0 atom stereocenters. The Balaban J connectivity index is 1.51. The van der Waals surface area contributed by atoms with E-state index in [1.165, 1.54) is 44.1 Å². The van der Waals surface area contributed by atoms with Crippen molar-refractivity contribution in [2.24, 2.45) is 17.8 Å². The number of carboxylic acid groups (broad SMARTS) is 1. The summed E-state index contributed by atoms with van der Waals surface area (Å²) in [6, 6.07) is 13.1. The Bertz CT molecular complexity index is 1040. The molecule has 4 heteroatoms. The van der Waals surface area contributed by atoms with Gasteiger partial charge in [-0.05, 0) is 92.0 Å². The first kappa shape index (κ1) is 21.1. The molecule has 4 fully saturated rings. The summed E-state index contributed by atoms with van der Waals surface area (Å²) in [7, 11) is 0. The Morgan fingerprint density at radius 1 is 1.00 bits per heavy atom.